The van der Waals surface area contributed by atoms with Crippen molar-refractivity contribution in [1.82, 2.24) is 5.32 Å². The predicted molar refractivity (Wildman–Crippen MR) is 70.4 cm³/mol. The maximum Gasteiger partial charge on any atom is 0.220 e. The second-order valence-electron chi connectivity index (χ2n) is 4.73. The zero-order valence-corrected chi connectivity index (χ0v) is 10.9. The molecule has 3 N–H and O–H groups in total. The minimum atomic E-state index is -0.268. The van der Waals surface area contributed by atoms with Crippen molar-refractivity contribution in [3.05, 3.63) is 35.6 Å². The van der Waals surface area contributed by atoms with Crippen LogP contribution in [-0.2, 0) is 4.79 Å². The Balaban J connectivity index is 2.71. The Morgan fingerprint density at radius 3 is 2.44 bits per heavy atom. The van der Waals surface area contributed by atoms with Gasteiger partial charge in [0.05, 0.1) is 6.04 Å². The first-order valence-corrected chi connectivity index (χ1v) is 6.29. The van der Waals surface area contributed by atoms with Gasteiger partial charge in [0.25, 0.3) is 0 Å². The number of nitrogens with two attached hydrogens (primary N) is 1. The maximum absolute atomic E-state index is 12.9. The third-order valence-electron chi connectivity index (χ3n) is 2.82. The summed E-state index contributed by atoms with van der Waals surface area (Å²) in [4.78, 5) is 11.7. The molecular weight excluding hydrogens is 231 g/mol. The lowest BCUT2D eigenvalue weighted by molar-refractivity contribution is -0.122. The molecular formula is C14H21FN2O. The maximum atomic E-state index is 12.9. The normalized spacial score (nSPS) is 12.5. The van der Waals surface area contributed by atoms with Crippen molar-refractivity contribution in [1.29, 1.82) is 0 Å². The molecule has 0 heterocycles. The first kappa shape index (κ1) is 14.6. The Labute approximate surface area is 108 Å². The summed E-state index contributed by atoms with van der Waals surface area (Å²) >= 11 is 0. The fraction of sp³-hybridized carbons (Fsp3) is 0.500. The van der Waals surface area contributed by atoms with Crippen LogP contribution >= 0.6 is 0 Å². The Morgan fingerprint density at radius 2 is 1.94 bits per heavy atom. The van der Waals surface area contributed by atoms with Crippen molar-refractivity contribution in [2.45, 2.75) is 32.7 Å². The summed E-state index contributed by atoms with van der Waals surface area (Å²) in [6, 6.07) is 6.16. The Morgan fingerprint density at radius 1 is 1.33 bits per heavy atom. The molecule has 0 saturated heterocycles. The average Bonchev–Trinajstić information content (AvgIpc) is 2.34. The van der Waals surface area contributed by atoms with E-state index in [4.69, 9.17) is 5.73 Å². The standard InChI is InChI=1S/C14H21FN2O/c1-10(2)14(17-13(18)4-3-9-16)11-5-7-12(15)8-6-11/h5-8,10,14H,3-4,9,16H2,1-2H3,(H,17,18). The zero-order valence-electron chi connectivity index (χ0n) is 10.9. The molecule has 0 saturated carbocycles. The summed E-state index contributed by atoms with van der Waals surface area (Å²) in [6.07, 6.45) is 1.11. The molecule has 0 radical (unpaired) electrons. The molecule has 1 atom stereocenters. The number of carbonyl (C=O) groups is 1. The summed E-state index contributed by atoms with van der Waals surface area (Å²) in [7, 11) is 0. The van der Waals surface area contributed by atoms with Crippen LogP contribution in [0, 0.1) is 11.7 Å². The van der Waals surface area contributed by atoms with Crippen LogP contribution in [0.5, 0.6) is 0 Å². The minimum absolute atomic E-state index is 0.0107. The number of carbonyl (C=O) groups excluding carboxylic acids is 1. The monoisotopic (exact) mass is 252 g/mol. The molecule has 1 amide bonds. The molecule has 1 aromatic carbocycles. The van der Waals surface area contributed by atoms with E-state index < -0.39 is 0 Å². The zero-order chi connectivity index (χ0) is 13.5. The molecule has 18 heavy (non-hydrogen) atoms. The first-order chi connectivity index (χ1) is 8.54. The van der Waals surface area contributed by atoms with Gasteiger partial charge in [-0.1, -0.05) is 26.0 Å². The fourth-order valence-corrected chi connectivity index (χ4v) is 1.81. The number of hydrogen-bond donors (Lipinski definition) is 2. The number of nitrogens with one attached hydrogen (secondary N) is 1. The fourth-order valence-electron chi connectivity index (χ4n) is 1.81. The lowest BCUT2D eigenvalue weighted by Gasteiger charge is -2.23. The van der Waals surface area contributed by atoms with Crippen molar-refractivity contribution < 1.29 is 9.18 Å². The number of rotatable bonds is 6. The van der Waals surface area contributed by atoms with Crippen LogP contribution in [0.1, 0.15) is 38.3 Å². The Kier molecular flexibility index (Phi) is 5.78. The van der Waals surface area contributed by atoms with Crippen molar-refractivity contribution >= 4 is 5.91 Å². The molecule has 1 aromatic rings. The molecule has 1 rings (SSSR count). The molecule has 3 nitrogen and oxygen atoms in total. The molecule has 0 aliphatic rings. The van der Waals surface area contributed by atoms with Gasteiger partial charge in [0.1, 0.15) is 5.82 Å². The van der Waals surface area contributed by atoms with Gasteiger partial charge in [0.15, 0.2) is 0 Å². The molecule has 0 fully saturated rings. The van der Waals surface area contributed by atoms with Gasteiger partial charge in [-0.05, 0) is 36.6 Å². The molecule has 0 spiro atoms. The minimum Gasteiger partial charge on any atom is -0.349 e. The highest BCUT2D eigenvalue weighted by atomic mass is 19.1. The summed E-state index contributed by atoms with van der Waals surface area (Å²) in [6.45, 7) is 4.56. The molecule has 0 bridgehead atoms. The summed E-state index contributed by atoms with van der Waals surface area (Å²) < 4.78 is 12.9. The molecule has 4 heteroatoms. The van der Waals surface area contributed by atoms with Crippen LogP contribution in [0.2, 0.25) is 0 Å². The smallest absolute Gasteiger partial charge is 0.220 e. The quantitative estimate of drug-likeness (QED) is 0.816. The number of halogens is 1. The average molecular weight is 252 g/mol. The molecule has 0 aliphatic carbocycles. The van der Waals surface area contributed by atoms with Gasteiger partial charge in [-0.15, -0.1) is 0 Å². The van der Waals surface area contributed by atoms with E-state index in [-0.39, 0.29) is 23.7 Å². The Bertz CT molecular complexity index is 376. The first-order valence-electron chi connectivity index (χ1n) is 6.29. The van der Waals surface area contributed by atoms with Gasteiger partial charge in [-0.25, -0.2) is 4.39 Å². The van der Waals surface area contributed by atoms with Gasteiger partial charge >= 0.3 is 0 Å². The van der Waals surface area contributed by atoms with Crippen LogP contribution in [-0.4, -0.2) is 12.5 Å². The third-order valence-corrected chi connectivity index (χ3v) is 2.82. The summed E-state index contributed by atoms with van der Waals surface area (Å²) in [5.41, 5.74) is 6.30. The van der Waals surface area contributed by atoms with E-state index in [1.165, 1.54) is 12.1 Å². The van der Waals surface area contributed by atoms with Gasteiger partial charge in [-0.3, -0.25) is 4.79 Å². The van der Waals surface area contributed by atoms with Gasteiger partial charge in [-0.2, -0.15) is 0 Å². The van der Waals surface area contributed by atoms with Crippen molar-refractivity contribution in [3.8, 4) is 0 Å². The van der Waals surface area contributed by atoms with Crippen molar-refractivity contribution in [2.75, 3.05) is 6.54 Å². The summed E-state index contributed by atoms with van der Waals surface area (Å²) in [5, 5.41) is 2.97. The highest BCUT2D eigenvalue weighted by Crippen LogP contribution is 2.22. The van der Waals surface area contributed by atoms with E-state index in [2.05, 4.69) is 5.32 Å². The van der Waals surface area contributed by atoms with E-state index >= 15 is 0 Å². The highest BCUT2D eigenvalue weighted by Gasteiger charge is 2.17. The van der Waals surface area contributed by atoms with Crippen molar-refractivity contribution in [3.63, 3.8) is 0 Å². The van der Waals surface area contributed by atoms with Gasteiger partial charge in [0.2, 0.25) is 5.91 Å². The molecule has 0 aromatic heterocycles. The van der Waals surface area contributed by atoms with E-state index in [1.807, 2.05) is 13.8 Å². The van der Waals surface area contributed by atoms with E-state index in [0.29, 0.717) is 19.4 Å². The predicted octanol–water partition coefficient (Wildman–Crippen LogP) is 2.38. The number of hydrogen-bond acceptors (Lipinski definition) is 2. The summed E-state index contributed by atoms with van der Waals surface area (Å²) in [5.74, 6) is -0.0310. The van der Waals surface area contributed by atoms with Gasteiger partial charge < -0.3 is 11.1 Å². The largest absolute Gasteiger partial charge is 0.349 e. The van der Waals surface area contributed by atoms with Crippen LogP contribution in [0.4, 0.5) is 4.39 Å². The van der Waals surface area contributed by atoms with Crippen LogP contribution in [0.3, 0.4) is 0 Å². The molecule has 1 unspecified atom stereocenters. The van der Waals surface area contributed by atoms with E-state index in [9.17, 15) is 9.18 Å². The van der Waals surface area contributed by atoms with Crippen LogP contribution in [0.25, 0.3) is 0 Å². The van der Waals surface area contributed by atoms with Crippen molar-refractivity contribution in [2.24, 2.45) is 11.7 Å². The highest BCUT2D eigenvalue weighted by molar-refractivity contribution is 5.76. The van der Waals surface area contributed by atoms with E-state index in [0.717, 1.165) is 5.56 Å². The SMILES string of the molecule is CC(C)C(NC(=O)CCCN)c1ccc(F)cc1. The molecule has 100 valence electrons. The third kappa shape index (κ3) is 4.45. The number of benzene rings is 1. The van der Waals surface area contributed by atoms with Crippen LogP contribution in [0.15, 0.2) is 24.3 Å². The van der Waals surface area contributed by atoms with E-state index in [1.54, 1.807) is 12.1 Å². The molecule has 0 aliphatic heterocycles. The lowest BCUT2D eigenvalue weighted by atomic mass is 9.96. The lowest BCUT2D eigenvalue weighted by Crippen LogP contribution is -2.31. The topological polar surface area (TPSA) is 55.1 Å². The van der Waals surface area contributed by atoms with Gasteiger partial charge in [0, 0.05) is 6.42 Å². The second kappa shape index (κ2) is 7.11. The second-order valence-corrected chi connectivity index (χ2v) is 4.73. The Hall–Kier alpha value is -1.42. The van der Waals surface area contributed by atoms with Crippen LogP contribution < -0.4 is 11.1 Å². The number of amides is 1.